The molecule has 0 amide bonds. The van der Waals surface area contributed by atoms with Crippen LogP contribution in [0.1, 0.15) is 181 Å². The van der Waals surface area contributed by atoms with Gasteiger partial charge in [0, 0.05) is 12.8 Å². The highest BCUT2D eigenvalue weighted by molar-refractivity contribution is 7.46. The molecule has 0 aliphatic rings. The maximum absolute atomic E-state index is 12.4. The topological polar surface area (TPSA) is 119 Å². The van der Waals surface area contributed by atoms with E-state index in [4.69, 9.17) is 19.3 Å². The van der Waals surface area contributed by atoms with Crippen LogP contribution in [0, 0.1) is 0 Å². The first-order valence-electron chi connectivity index (χ1n) is 20.6. The van der Waals surface area contributed by atoms with E-state index in [1.54, 1.807) is 0 Å². The Kier molecular flexibility index (Phi) is 36.8. The minimum atomic E-state index is -4.77. The number of carbonyl (C=O) groups is 2. The highest BCUT2D eigenvalue weighted by Crippen LogP contribution is 2.36. The molecule has 0 bridgehead atoms. The zero-order valence-electron chi connectivity index (χ0n) is 32.9. The van der Waals surface area contributed by atoms with Crippen LogP contribution in [0.4, 0.5) is 0 Å². The number of unbranched alkanes of at least 4 members (excludes halogenated alkanes) is 17. The molecule has 0 heterocycles. The lowest BCUT2D eigenvalue weighted by Crippen LogP contribution is -2.29. The largest absolute Gasteiger partial charge is 0.469 e. The second kappa shape index (κ2) is 38.5. The van der Waals surface area contributed by atoms with Gasteiger partial charge in [-0.3, -0.25) is 14.1 Å². The van der Waals surface area contributed by atoms with Crippen LogP contribution in [0.25, 0.3) is 0 Å². The summed E-state index contributed by atoms with van der Waals surface area (Å²) in [5.74, 6) is -0.951. The minimum absolute atomic E-state index is 0.133. The number of ether oxygens (including phenoxy) is 2. The fourth-order valence-electron chi connectivity index (χ4n) is 5.53. The van der Waals surface area contributed by atoms with Crippen molar-refractivity contribution in [2.75, 3.05) is 13.2 Å². The normalized spacial score (nSPS) is 13.1. The van der Waals surface area contributed by atoms with Crippen molar-refractivity contribution in [3.63, 3.8) is 0 Å². The number of rotatable bonds is 37. The molecule has 0 aromatic carbocycles. The van der Waals surface area contributed by atoms with E-state index in [1.807, 2.05) is 12.2 Å². The SMILES string of the molecule is CC/C=C\C/C=C\C/C=C\C/C=C\C/C=C\CCCC(=O)OC(COC(=O)CCCCCCCCCCCCCCCCCCC)COP(=O)(O)O. The van der Waals surface area contributed by atoms with Crippen molar-refractivity contribution < 1.29 is 37.9 Å². The molecular formula is C43H75O8P. The van der Waals surface area contributed by atoms with Crippen LogP contribution in [0.3, 0.4) is 0 Å². The van der Waals surface area contributed by atoms with Crippen molar-refractivity contribution in [1.82, 2.24) is 0 Å². The van der Waals surface area contributed by atoms with Crippen molar-refractivity contribution in [1.29, 1.82) is 0 Å². The number of allylic oxidation sites excluding steroid dienone is 10. The maximum atomic E-state index is 12.4. The molecule has 0 aromatic rings. The summed E-state index contributed by atoms with van der Waals surface area (Å²) in [6.07, 6.45) is 48.1. The Morgan fingerprint density at radius 2 is 0.923 bits per heavy atom. The number of hydrogen-bond donors (Lipinski definition) is 2. The molecule has 8 nitrogen and oxygen atoms in total. The van der Waals surface area contributed by atoms with E-state index < -0.39 is 32.5 Å². The summed E-state index contributed by atoms with van der Waals surface area (Å²) in [7, 11) is -4.77. The predicted octanol–water partition coefficient (Wildman–Crippen LogP) is 12.5. The van der Waals surface area contributed by atoms with E-state index in [2.05, 4.69) is 67.0 Å². The molecule has 1 atom stereocenters. The first kappa shape index (κ1) is 49.8. The average molecular weight is 751 g/mol. The van der Waals surface area contributed by atoms with E-state index >= 15 is 0 Å². The van der Waals surface area contributed by atoms with Gasteiger partial charge in [0.25, 0.3) is 0 Å². The van der Waals surface area contributed by atoms with Crippen LogP contribution >= 0.6 is 7.82 Å². The Morgan fingerprint density at radius 3 is 1.37 bits per heavy atom. The Balaban J connectivity index is 4.01. The quantitative estimate of drug-likeness (QED) is 0.0279. The standard InChI is InChI=1S/C43H75O8P/c1-3-5-7-9-11-13-15-17-19-21-23-25-27-29-31-33-35-37-42(44)49-39-41(40-50-52(46,47)48)51-43(45)38-36-34-32-30-28-26-24-22-20-18-16-14-12-10-8-6-4-2/h6,8,12,14,18,20,24,26,30,32,41H,3-5,7,9-11,13,15-17,19,21-23,25,27-29,31,33-40H2,1-2H3,(H2,46,47,48)/b8-6-,14-12-,20-18-,26-24-,32-30-. The Morgan fingerprint density at radius 1 is 0.519 bits per heavy atom. The van der Waals surface area contributed by atoms with Crippen LogP contribution in [0.2, 0.25) is 0 Å². The number of phosphoric acid groups is 1. The second-order valence-electron chi connectivity index (χ2n) is 13.6. The molecule has 52 heavy (non-hydrogen) atoms. The highest BCUT2D eigenvalue weighted by atomic mass is 31.2. The van der Waals surface area contributed by atoms with Gasteiger partial charge in [0.05, 0.1) is 6.61 Å². The molecule has 1 unspecified atom stereocenters. The first-order chi connectivity index (χ1) is 25.3. The molecule has 9 heteroatoms. The molecule has 300 valence electrons. The van der Waals surface area contributed by atoms with Gasteiger partial charge in [0.2, 0.25) is 0 Å². The fourth-order valence-corrected chi connectivity index (χ4v) is 5.89. The van der Waals surface area contributed by atoms with Gasteiger partial charge in [0.15, 0.2) is 6.10 Å². The predicted molar refractivity (Wildman–Crippen MR) is 216 cm³/mol. The van der Waals surface area contributed by atoms with Gasteiger partial charge in [0.1, 0.15) is 6.61 Å². The third-order valence-electron chi connectivity index (χ3n) is 8.55. The summed E-state index contributed by atoms with van der Waals surface area (Å²) in [5.41, 5.74) is 0. The van der Waals surface area contributed by atoms with E-state index in [9.17, 15) is 14.2 Å². The summed E-state index contributed by atoms with van der Waals surface area (Å²) in [5, 5.41) is 0. The molecule has 0 radical (unpaired) electrons. The van der Waals surface area contributed by atoms with Crippen LogP contribution < -0.4 is 0 Å². The third-order valence-corrected chi connectivity index (χ3v) is 9.04. The molecule has 0 fully saturated rings. The van der Waals surface area contributed by atoms with Gasteiger partial charge < -0.3 is 19.3 Å². The van der Waals surface area contributed by atoms with Crippen LogP contribution in [0.5, 0.6) is 0 Å². The summed E-state index contributed by atoms with van der Waals surface area (Å²) in [4.78, 5) is 42.8. The number of carbonyl (C=O) groups excluding carboxylic acids is 2. The summed E-state index contributed by atoms with van der Waals surface area (Å²) in [6.45, 7) is 3.53. The zero-order chi connectivity index (χ0) is 38.2. The van der Waals surface area contributed by atoms with Crippen molar-refractivity contribution in [2.24, 2.45) is 0 Å². The van der Waals surface area contributed by atoms with Gasteiger partial charge in [-0.25, -0.2) is 4.57 Å². The molecule has 0 saturated carbocycles. The summed E-state index contributed by atoms with van der Waals surface area (Å²) < 4.78 is 26.3. The van der Waals surface area contributed by atoms with Crippen LogP contribution in [-0.2, 0) is 28.2 Å². The monoisotopic (exact) mass is 751 g/mol. The minimum Gasteiger partial charge on any atom is -0.462 e. The van der Waals surface area contributed by atoms with E-state index in [0.29, 0.717) is 12.8 Å². The summed E-state index contributed by atoms with van der Waals surface area (Å²) in [6, 6.07) is 0. The Hall–Kier alpha value is -2.25. The van der Waals surface area contributed by atoms with Crippen molar-refractivity contribution >= 4 is 19.8 Å². The number of hydrogen-bond acceptors (Lipinski definition) is 6. The second-order valence-corrected chi connectivity index (χ2v) is 14.8. The van der Waals surface area contributed by atoms with Gasteiger partial charge in [-0.05, 0) is 51.4 Å². The number of esters is 2. The lowest BCUT2D eigenvalue weighted by atomic mass is 10.0. The molecule has 0 aromatic heterocycles. The van der Waals surface area contributed by atoms with Crippen molar-refractivity contribution in [3.05, 3.63) is 60.8 Å². The smallest absolute Gasteiger partial charge is 0.462 e. The number of phosphoric ester groups is 1. The van der Waals surface area contributed by atoms with Crippen molar-refractivity contribution in [3.8, 4) is 0 Å². The third kappa shape index (κ3) is 40.5. The van der Waals surface area contributed by atoms with Crippen LogP contribution in [-0.4, -0.2) is 41.0 Å². The zero-order valence-corrected chi connectivity index (χ0v) is 33.8. The molecule has 0 spiro atoms. The maximum Gasteiger partial charge on any atom is 0.469 e. The van der Waals surface area contributed by atoms with E-state index in [0.717, 1.165) is 51.4 Å². The van der Waals surface area contributed by atoms with E-state index in [-0.39, 0.29) is 19.4 Å². The lowest BCUT2D eigenvalue weighted by molar-refractivity contribution is -0.161. The fraction of sp³-hybridized carbons (Fsp3) is 0.721. The molecule has 0 saturated heterocycles. The first-order valence-corrected chi connectivity index (χ1v) is 22.1. The summed E-state index contributed by atoms with van der Waals surface area (Å²) >= 11 is 0. The van der Waals surface area contributed by atoms with Gasteiger partial charge >= 0.3 is 19.8 Å². The van der Waals surface area contributed by atoms with Gasteiger partial charge in [-0.15, -0.1) is 0 Å². The van der Waals surface area contributed by atoms with Gasteiger partial charge in [-0.2, -0.15) is 0 Å². The Labute approximate surface area is 317 Å². The average Bonchev–Trinajstić information content (AvgIpc) is 3.11. The van der Waals surface area contributed by atoms with Crippen molar-refractivity contribution in [2.45, 2.75) is 187 Å². The molecule has 0 aliphatic carbocycles. The molecule has 0 aliphatic heterocycles. The highest BCUT2D eigenvalue weighted by Gasteiger charge is 2.22. The van der Waals surface area contributed by atoms with Crippen LogP contribution in [0.15, 0.2) is 60.8 Å². The van der Waals surface area contributed by atoms with Gasteiger partial charge in [-0.1, -0.05) is 177 Å². The molecule has 0 rings (SSSR count). The molecular weight excluding hydrogens is 675 g/mol. The lowest BCUT2D eigenvalue weighted by Gasteiger charge is -2.18. The Bertz CT molecular complexity index is 1030. The van der Waals surface area contributed by atoms with E-state index in [1.165, 1.54) is 89.9 Å². The molecule has 2 N–H and O–H groups in total.